The summed E-state index contributed by atoms with van der Waals surface area (Å²) in [6.07, 6.45) is 0.849. The molecule has 0 bridgehead atoms. The topological polar surface area (TPSA) is 82.0 Å². The molecule has 1 aliphatic heterocycles. The molecule has 0 aromatic heterocycles. The molecule has 0 unspecified atom stereocenters. The van der Waals surface area contributed by atoms with Gasteiger partial charge >= 0.3 is 0 Å². The number of nitrogens with zero attached hydrogens (tertiary/aromatic N) is 1. The van der Waals surface area contributed by atoms with Crippen molar-refractivity contribution in [3.63, 3.8) is 0 Å². The molecule has 0 atom stereocenters. The lowest BCUT2D eigenvalue weighted by atomic mass is 10.1. The Bertz CT molecular complexity index is 532. The predicted octanol–water partition coefficient (Wildman–Crippen LogP) is 1.10. The molecule has 0 spiro atoms. The zero-order valence-electron chi connectivity index (χ0n) is 9.82. The first-order chi connectivity index (χ1) is 8.69. The summed E-state index contributed by atoms with van der Waals surface area (Å²) >= 11 is 0. The molecule has 1 aliphatic rings. The number of hydrogen-bond donors (Lipinski definition) is 2. The molecule has 92 valence electrons. The van der Waals surface area contributed by atoms with Crippen LogP contribution in [0.3, 0.4) is 0 Å². The number of anilines is 1. The smallest absolute Gasteiger partial charge is 0.228 e. The van der Waals surface area contributed by atoms with E-state index in [1.807, 2.05) is 24.3 Å². The van der Waals surface area contributed by atoms with Crippen LogP contribution in [0.25, 0.3) is 0 Å². The zero-order chi connectivity index (χ0) is 13.0. The van der Waals surface area contributed by atoms with E-state index in [1.54, 1.807) is 0 Å². The molecule has 18 heavy (non-hydrogen) atoms. The summed E-state index contributed by atoms with van der Waals surface area (Å²) in [6.45, 7) is 0.422. The summed E-state index contributed by atoms with van der Waals surface area (Å²) in [7, 11) is 0. The van der Waals surface area contributed by atoms with Crippen molar-refractivity contribution in [2.24, 2.45) is 0 Å². The van der Waals surface area contributed by atoms with Gasteiger partial charge in [-0.05, 0) is 17.2 Å². The van der Waals surface area contributed by atoms with Gasteiger partial charge in [-0.15, -0.1) is 0 Å². The summed E-state index contributed by atoms with van der Waals surface area (Å²) in [6, 6.07) is 7.56. The number of nitrogens with one attached hydrogen (secondary N) is 2. The van der Waals surface area contributed by atoms with E-state index in [1.165, 1.54) is 0 Å². The fourth-order valence-electron chi connectivity index (χ4n) is 1.85. The number of carbonyl (C=O) groups excluding carboxylic acids is 2. The third kappa shape index (κ3) is 2.86. The second-order valence-electron chi connectivity index (χ2n) is 4.15. The number of nitriles is 1. The highest BCUT2D eigenvalue weighted by Crippen LogP contribution is 2.23. The van der Waals surface area contributed by atoms with Gasteiger partial charge in [0, 0.05) is 25.1 Å². The molecule has 5 heteroatoms. The van der Waals surface area contributed by atoms with Gasteiger partial charge in [-0.3, -0.25) is 9.59 Å². The van der Waals surface area contributed by atoms with Crippen LogP contribution in [0.2, 0.25) is 0 Å². The lowest BCUT2D eigenvalue weighted by Gasteiger charge is -2.06. The average molecular weight is 243 g/mol. The molecule has 1 heterocycles. The summed E-state index contributed by atoms with van der Waals surface area (Å²) in [4.78, 5) is 22.5. The third-order valence-electron chi connectivity index (χ3n) is 2.75. The van der Waals surface area contributed by atoms with E-state index in [-0.39, 0.29) is 24.7 Å². The minimum atomic E-state index is -0.133. The molecule has 1 aromatic rings. The van der Waals surface area contributed by atoms with Gasteiger partial charge in [0.15, 0.2) is 0 Å². The first kappa shape index (κ1) is 12.1. The van der Waals surface area contributed by atoms with Gasteiger partial charge in [0.05, 0.1) is 12.5 Å². The summed E-state index contributed by atoms with van der Waals surface area (Å²) in [5.74, 6) is -0.133. The Labute approximate surface area is 105 Å². The normalized spacial score (nSPS) is 12.5. The van der Waals surface area contributed by atoms with Gasteiger partial charge in [-0.25, -0.2) is 0 Å². The number of hydrogen-bond acceptors (Lipinski definition) is 3. The highest BCUT2D eigenvalue weighted by molar-refractivity contribution is 5.99. The van der Waals surface area contributed by atoms with Crippen molar-refractivity contribution >= 4 is 17.5 Å². The van der Waals surface area contributed by atoms with E-state index >= 15 is 0 Å². The van der Waals surface area contributed by atoms with Gasteiger partial charge in [-0.1, -0.05) is 12.1 Å². The SMILES string of the molecule is N#CCCC(=O)NCc1ccc2c(c1)CC(=O)N2. The van der Waals surface area contributed by atoms with Crippen LogP contribution in [0, 0.1) is 11.3 Å². The Morgan fingerprint density at radius 3 is 3.11 bits per heavy atom. The van der Waals surface area contributed by atoms with E-state index < -0.39 is 0 Å². The van der Waals surface area contributed by atoms with Crippen LogP contribution < -0.4 is 10.6 Å². The Kier molecular flexibility index (Phi) is 3.58. The molecule has 0 aliphatic carbocycles. The van der Waals surface area contributed by atoms with E-state index in [0.717, 1.165) is 16.8 Å². The van der Waals surface area contributed by atoms with E-state index in [9.17, 15) is 9.59 Å². The molecule has 0 fully saturated rings. The third-order valence-corrected chi connectivity index (χ3v) is 2.75. The standard InChI is InChI=1S/C13H13N3O2/c14-5-1-2-12(17)15-8-9-3-4-11-10(6-9)7-13(18)16-11/h3-4,6H,1-2,7-8H2,(H,15,17)(H,16,18). The Morgan fingerprint density at radius 2 is 2.33 bits per heavy atom. The van der Waals surface area contributed by atoms with Crippen molar-refractivity contribution in [1.29, 1.82) is 5.26 Å². The van der Waals surface area contributed by atoms with Crippen LogP contribution in [-0.2, 0) is 22.6 Å². The molecular weight excluding hydrogens is 230 g/mol. The molecule has 5 nitrogen and oxygen atoms in total. The maximum Gasteiger partial charge on any atom is 0.228 e. The maximum atomic E-state index is 11.3. The van der Waals surface area contributed by atoms with Gasteiger partial charge in [0.1, 0.15) is 0 Å². The van der Waals surface area contributed by atoms with Crippen LogP contribution in [-0.4, -0.2) is 11.8 Å². The molecule has 2 rings (SSSR count). The van der Waals surface area contributed by atoms with Crippen molar-refractivity contribution in [3.8, 4) is 6.07 Å². The van der Waals surface area contributed by atoms with Crippen molar-refractivity contribution in [3.05, 3.63) is 29.3 Å². The summed E-state index contributed by atoms with van der Waals surface area (Å²) in [5, 5.41) is 13.9. The van der Waals surface area contributed by atoms with Gasteiger partial charge in [-0.2, -0.15) is 5.26 Å². The minimum Gasteiger partial charge on any atom is -0.352 e. The molecule has 1 aromatic carbocycles. The number of fused-ring (bicyclic) bond motifs is 1. The number of benzene rings is 1. The fourth-order valence-corrected chi connectivity index (χ4v) is 1.85. The summed E-state index contributed by atoms with van der Waals surface area (Å²) < 4.78 is 0. The van der Waals surface area contributed by atoms with Gasteiger partial charge in [0.25, 0.3) is 0 Å². The second kappa shape index (κ2) is 5.32. The monoisotopic (exact) mass is 243 g/mol. The molecule has 2 N–H and O–H groups in total. The lowest BCUT2D eigenvalue weighted by molar-refractivity contribution is -0.121. The molecule has 0 saturated carbocycles. The molecule has 2 amide bonds. The quantitative estimate of drug-likeness (QED) is 0.830. The molecule has 0 saturated heterocycles. The van der Waals surface area contributed by atoms with Gasteiger partial charge in [0.2, 0.25) is 11.8 Å². The maximum absolute atomic E-state index is 11.3. The number of amides is 2. The van der Waals surface area contributed by atoms with E-state index in [4.69, 9.17) is 5.26 Å². The number of rotatable bonds is 4. The first-order valence-electron chi connectivity index (χ1n) is 5.74. The van der Waals surface area contributed by atoms with Crippen molar-refractivity contribution in [1.82, 2.24) is 5.32 Å². The highest BCUT2D eigenvalue weighted by atomic mass is 16.2. The highest BCUT2D eigenvalue weighted by Gasteiger charge is 2.17. The predicted molar refractivity (Wildman–Crippen MR) is 65.5 cm³/mol. The lowest BCUT2D eigenvalue weighted by Crippen LogP contribution is -2.22. The van der Waals surface area contributed by atoms with Crippen molar-refractivity contribution in [2.75, 3.05) is 5.32 Å². The summed E-state index contributed by atoms with van der Waals surface area (Å²) in [5.41, 5.74) is 2.76. The van der Waals surface area contributed by atoms with Crippen LogP contribution in [0.4, 0.5) is 5.69 Å². The Morgan fingerprint density at radius 1 is 1.50 bits per heavy atom. The van der Waals surface area contributed by atoms with Crippen LogP contribution in [0.1, 0.15) is 24.0 Å². The average Bonchev–Trinajstić information content (AvgIpc) is 2.73. The van der Waals surface area contributed by atoms with Crippen molar-refractivity contribution in [2.45, 2.75) is 25.8 Å². The van der Waals surface area contributed by atoms with Crippen LogP contribution in [0.5, 0.6) is 0 Å². The number of carbonyl (C=O) groups is 2. The molecular formula is C13H13N3O2. The van der Waals surface area contributed by atoms with E-state index in [0.29, 0.717) is 13.0 Å². The van der Waals surface area contributed by atoms with Crippen LogP contribution in [0.15, 0.2) is 18.2 Å². The van der Waals surface area contributed by atoms with E-state index in [2.05, 4.69) is 10.6 Å². The Hall–Kier alpha value is -2.35. The largest absolute Gasteiger partial charge is 0.352 e. The fraction of sp³-hybridized carbons (Fsp3) is 0.308. The van der Waals surface area contributed by atoms with Crippen LogP contribution >= 0.6 is 0 Å². The Balaban J connectivity index is 1.92. The minimum absolute atomic E-state index is 0.000191. The van der Waals surface area contributed by atoms with Crippen molar-refractivity contribution < 1.29 is 9.59 Å². The van der Waals surface area contributed by atoms with Gasteiger partial charge < -0.3 is 10.6 Å². The first-order valence-corrected chi connectivity index (χ1v) is 5.74. The second-order valence-corrected chi connectivity index (χ2v) is 4.15. The molecule has 0 radical (unpaired) electrons. The zero-order valence-corrected chi connectivity index (χ0v) is 9.82.